The lowest BCUT2D eigenvalue weighted by molar-refractivity contribution is 0.0958. The lowest BCUT2D eigenvalue weighted by Crippen LogP contribution is -2.25. The second-order valence-electron chi connectivity index (χ2n) is 4.22. The smallest absolute Gasteiger partial charge is 0.261 e. The zero-order chi connectivity index (χ0) is 15.3. The van der Waals surface area contributed by atoms with E-state index in [-0.39, 0.29) is 28.6 Å². The molecule has 0 aliphatic carbocycles. The summed E-state index contributed by atoms with van der Waals surface area (Å²) in [6.07, 6.45) is 0. The molecule has 0 aliphatic rings. The van der Waals surface area contributed by atoms with Crippen molar-refractivity contribution in [3.05, 3.63) is 67.1 Å². The van der Waals surface area contributed by atoms with Crippen LogP contribution in [0.25, 0.3) is 0 Å². The first-order valence-electron chi connectivity index (χ1n) is 6.29. The van der Waals surface area contributed by atoms with Gasteiger partial charge in [0.05, 0.1) is 16.1 Å². The fourth-order valence-corrected chi connectivity index (χ4v) is 2.88. The molecule has 0 heterocycles. The van der Waals surface area contributed by atoms with Crippen molar-refractivity contribution in [1.82, 2.24) is 5.32 Å². The summed E-state index contributed by atoms with van der Waals surface area (Å²) in [5, 5.41) is 2.54. The summed E-state index contributed by atoms with van der Waals surface area (Å²) in [6.45, 7) is 3.75. The molecule has 2 aromatic rings. The molecule has 0 aliphatic heterocycles. The number of hydrogen-bond acceptors (Lipinski definition) is 3. The van der Waals surface area contributed by atoms with Gasteiger partial charge in [0.25, 0.3) is 15.9 Å². The molecule has 0 bridgehead atoms. The van der Waals surface area contributed by atoms with Gasteiger partial charge < -0.3 is 5.32 Å². The Morgan fingerprint density at radius 2 is 1.62 bits per heavy atom. The Kier molecular flexibility index (Phi) is 4.59. The molecule has 0 aromatic heterocycles. The van der Waals surface area contributed by atoms with Crippen molar-refractivity contribution in [1.29, 1.82) is 0 Å². The zero-order valence-electron chi connectivity index (χ0n) is 11.2. The molecular formula is C15H15N2O3S. The average molecular weight is 303 g/mol. The minimum atomic E-state index is -3.73. The summed E-state index contributed by atoms with van der Waals surface area (Å²) >= 11 is 0. The van der Waals surface area contributed by atoms with Crippen LogP contribution in [-0.4, -0.2) is 20.9 Å². The molecule has 2 N–H and O–H groups in total. The Balaban J connectivity index is 2.34. The first kappa shape index (κ1) is 15.1. The van der Waals surface area contributed by atoms with Crippen LogP contribution < -0.4 is 10.0 Å². The summed E-state index contributed by atoms with van der Waals surface area (Å²) in [4.78, 5) is 12.0. The van der Waals surface area contributed by atoms with E-state index >= 15 is 0 Å². The molecule has 21 heavy (non-hydrogen) atoms. The van der Waals surface area contributed by atoms with Gasteiger partial charge in [-0.15, -0.1) is 0 Å². The Morgan fingerprint density at radius 1 is 1.00 bits per heavy atom. The number of sulfonamides is 1. The van der Waals surface area contributed by atoms with Gasteiger partial charge in [0.1, 0.15) is 0 Å². The Labute approximate surface area is 124 Å². The fraction of sp³-hybridized carbons (Fsp3) is 0.0667. The van der Waals surface area contributed by atoms with E-state index in [2.05, 4.69) is 17.0 Å². The van der Waals surface area contributed by atoms with Gasteiger partial charge in [0, 0.05) is 6.54 Å². The van der Waals surface area contributed by atoms with E-state index < -0.39 is 10.0 Å². The van der Waals surface area contributed by atoms with Crippen LogP contribution in [0.1, 0.15) is 10.4 Å². The van der Waals surface area contributed by atoms with Gasteiger partial charge in [-0.1, -0.05) is 30.3 Å². The second-order valence-corrected chi connectivity index (χ2v) is 5.90. The topological polar surface area (TPSA) is 75.3 Å². The summed E-state index contributed by atoms with van der Waals surface area (Å²) < 4.78 is 27.0. The molecule has 2 rings (SSSR count). The van der Waals surface area contributed by atoms with Gasteiger partial charge in [-0.25, -0.2) is 8.42 Å². The monoisotopic (exact) mass is 303 g/mol. The van der Waals surface area contributed by atoms with Crippen molar-refractivity contribution >= 4 is 21.6 Å². The number of amides is 1. The number of carbonyl (C=O) groups excluding carboxylic acids is 1. The molecule has 0 saturated carbocycles. The van der Waals surface area contributed by atoms with Crippen LogP contribution in [0.2, 0.25) is 0 Å². The van der Waals surface area contributed by atoms with Crippen LogP contribution in [0.15, 0.2) is 59.5 Å². The van der Waals surface area contributed by atoms with Crippen LogP contribution >= 0.6 is 0 Å². The molecule has 0 saturated heterocycles. The fourth-order valence-electron chi connectivity index (χ4n) is 1.78. The Morgan fingerprint density at radius 3 is 2.29 bits per heavy atom. The molecular weight excluding hydrogens is 288 g/mol. The number of para-hydroxylation sites is 1. The second kappa shape index (κ2) is 6.41. The molecule has 1 radical (unpaired) electrons. The number of nitrogens with one attached hydrogen (secondary N) is 2. The number of rotatable bonds is 5. The van der Waals surface area contributed by atoms with Gasteiger partial charge >= 0.3 is 0 Å². The normalized spacial score (nSPS) is 10.9. The number of carbonyl (C=O) groups is 1. The predicted octanol–water partition coefficient (Wildman–Crippen LogP) is 2.05. The van der Waals surface area contributed by atoms with Crippen molar-refractivity contribution in [3.63, 3.8) is 0 Å². The summed E-state index contributed by atoms with van der Waals surface area (Å²) in [5.41, 5.74) is 0.480. The maximum absolute atomic E-state index is 12.3. The molecule has 0 atom stereocenters. The molecule has 1 amide bonds. The Bertz CT molecular complexity index is 728. The first-order chi connectivity index (χ1) is 10.0. The van der Waals surface area contributed by atoms with E-state index in [1.807, 2.05) is 0 Å². The minimum Gasteiger partial charge on any atom is -0.352 e. The summed E-state index contributed by atoms with van der Waals surface area (Å²) in [6, 6.07) is 14.4. The first-order valence-corrected chi connectivity index (χ1v) is 7.77. The van der Waals surface area contributed by atoms with Gasteiger partial charge in [0.15, 0.2) is 0 Å². The Hall–Kier alpha value is -2.34. The van der Waals surface area contributed by atoms with Crippen molar-refractivity contribution in [2.45, 2.75) is 4.90 Å². The largest absolute Gasteiger partial charge is 0.352 e. The van der Waals surface area contributed by atoms with Crippen molar-refractivity contribution in [2.75, 3.05) is 11.3 Å². The van der Waals surface area contributed by atoms with Crippen LogP contribution in [0, 0.1) is 6.92 Å². The third-order valence-corrected chi connectivity index (χ3v) is 4.14. The maximum atomic E-state index is 12.3. The van der Waals surface area contributed by atoms with Crippen molar-refractivity contribution < 1.29 is 13.2 Å². The number of hydrogen-bond donors (Lipinski definition) is 2. The van der Waals surface area contributed by atoms with Crippen molar-refractivity contribution in [3.8, 4) is 0 Å². The highest BCUT2D eigenvalue weighted by molar-refractivity contribution is 7.92. The van der Waals surface area contributed by atoms with Gasteiger partial charge in [0.2, 0.25) is 0 Å². The quantitative estimate of drug-likeness (QED) is 0.887. The maximum Gasteiger partial charge on any atom is 0.261 e. The molecule has 5 nitrogen and oxygen atoms in total. The molecule has 0 unspecified atom stereocenters. The number of benzene rings is 2. The van der Waals surface area contributed by atoms with E-state index in [0.717, 1.165) is 0 Å². The van der Waals surface area contributed by atoms with E-state index in [1.165, 1.54) is 12.1 Å². The summed E-state index contributed by atoms with van der Waals surface area (Å²) in [7, 11) is -3.73. The highest BCUT2D eigenvalue weighted by Gasteiger charge is 2.17. The molecule has 0 spiro atoms. The van der Waals surface area contributed by atoms with Crippen LogP contribution in [0.4, 0.5) is 5.69 Å². The van der Waals surface area contributed by atoms with Gasteiger partial charge in [-0.2, -0.15) is 0 Å². The van der Waals surface area contributed by atoms with Crippen LogP contribution in [0.3, 0.4) is 0 Å². The van der Waals surface area contributed by atoms with E-state index in [0.29, 0.717) is 0 Å². The lowest BCUT2D eigenvalue weighted by Gasteiger charge is -2.12. The minimum absolute atomic E-state index is 0.136. The third-order valence-electron chi connectivity index (χ3n) is 2.76. The van der Waals surface area contributed by atoms with E-state index in [1.54, 1.807) is 42.5 Å². The van der Waals surface area contributed by atoms with Crippen molar-refractivity contribution in [2.24, 2.45) is 0 Å². The highest BCUT2D eigenvalue weighted by Crippen LogP contribution is 2.19. The van der Waals surface area contributed by atoms with E-state index in [4.69, 9.17) is 0 Å². The van der Waals surface area contributed by atoms with Crippen LogP contribution in [-0.2, 0) is 10.0 Å². The molecule has 109 valence electrons. The van der Waals surface area contributed by atoms with Gasteiger partial charge in [-0.3, -0.25) is 9.52 Å². The predicted molar refractivity (Wildman–Crippen MR) is 81.4 cm³/mol. The summed E-state index contributed by atoms with van der Waals surface area (Å²) in [5.74, 6) is -0.378. The van der Waals surface area contributed by atoms with Gasteiger partial charge in [-0.05, 0) is 31.2 Å². The average Bonchev–Trinajstić information content (AvgIpc) is 2.48. The standard InChI is InChI=1S/C15H15N2O3S/c1-2-16-15(18)13-10-6-7-11-14(13)17-21(19,20)12-8-4-3-5-9-12/h3-11,17H,1-2H2,(H,16,18). The lowest BCUT2D eigenvalue weighted by atomic mass is 10.2. The molecule has 2 aromatic carbocycles. The zero-order valence-corrected chi connectivity index (χ0v) is 12.1. The number of anilines is 1. The van der Waals surface area contributed by atoms with Crippen LogP contribution in [0.5, 0.6) is 0 Å². The molecule has 0 fully saturated rings. The van der Waals surface area contributed by atoms with E-state index in [9.17, 15) is 13.2 Å². The highest BCUT2D eigenvalue weighted by atomic mass is 32.2. The third kappa shape index (κ3) is 3.61. The molecule has 6 heteroatoms. The SMILES string of the molecule is [CH2]CNC(=O)c1ccccc1NS(=O)(=O)c1ccccc1.